The standard InChI is InChI=1S/C20H22N2O2/c1-2-3-4-5-6-16-7-9-17(10-8-16)18-11-13-19(14-12-18)22-15-20(23)24-21-22/h7-15H,2-6H2,1H3. The van der Waals surface area contributed by atoms with Crippen molar-refractivity contribution >= 4 is 0 Å². The van der Waals surface area contributed by atoms with Crippen molar-refractivity contribution in [3.63, 3.8) is 0 Å². The Hall–Kier alpha value is -2.62. The topological polar surface area (TPSA) is 53.0 Å². The molecule has 0 saturated heterocycles. The van der Waals surface area contributed by atoms with Crippen molar-refractivity contribution in [2.75, 3.05) is 0 Å². The predicted octanol–water partition coefficient (Wildman–Crippen LogP) is 3.81. The van der Waals surface area contributed by atoms with Gasteiger partial charge in [-0.3, -0.25) is 0 Å². The Bertz CT molecular complexity index is 761. The van der Waals surface area contributed by atoms with E-state index in [1.807, 2.05) is 24.3 Å². The third kappa shape index (κ3) is 4.02. The average molecular weight is 322 g/mol. The van der Waals surface area contributed by atoms with Gasteiger partial charge in [-0.05, 0) is 46.3 Å². The zero-order valence-corrected chi connectivity index (χ0v) is 13.9. The van der Waals surface area contributed by atoms with E-state index in [1.54, 1.807) is 0 Å². The Morgan fingerprint density at radius 2 is 1.58 bits per heavy atom. The van der Waals surface area contributed by atoms with Crippen LogP contribution in [-0.4, -0.2) is 5.27 Å². The molecule has 0 unspecified atom stereocenters. The van der Waals surface area contributed by atoms with Crippen molar-refractivity contribution in [3.05, 3.63) is 60.3 Å². The van der Waals surface area contributed by atoms with Crippen LogP contribution in [-0.2, 0) is 6.42 Å². The summed E-state index contributed by atoms with van der Waals surface area (Å²) >= 11 is 0. The minimum Gasteiger partial charge on any atom is -0.539 e. The molecule has 4 heteroatoms. The second-order valence-electron chi connectivity index (χ2n) is 6.02. The van der Waals surface area contributed by atoms with Gasteiger partial charge in [0.1, 0.15) is 5.95 Å². The smallest absolute Gasteiger partial charge is 0.239 e. The predicted molar refractivity (Wildman–Crippen MR) is 90.8 cm³/mol. The van der Waals surface area contributed by atoms with Gasteiger partial charge < -0.3 is 9.63 Å². The molecule has 0 amide bonds. The maximum Gasteiger partial charge on any atom is 0.239 e. The molecule has 0 aliphatic carbocycles. The second-order valence-corrected chi connectivity index (χ2v) is 6.02. The van der Waals surface area contributed by atoms with Gasteiger partial charge in [-0.2, -0.15) is 0 Å². The van der Waals surface area contributed by atoms with E-state index in [-0.39, 0.29) is 0 Å². The molecule has 0 radical (unpaired) electrons. The number of benzene rings is 2. The van der Waals surface area contributed by atoms with Crippen molar-refractivity contribution < 1.29 is 14.3 Å². The minimum atomic E-state index is -0.450. The maximum absolute atomic E-state index is 11.0. The Morgan fingerprint density at radius 3 is 2.17 bits per heavy atom. The van der Waals surface area contributed by atoms with Gasteiger partial charge in [-0.1, -0.05) is 50.5 Å². The van der Waals surface area contributed by atoms with Gasteiger partial charge in [0.15, 0.2) is 0 Å². The van der Waals surface area contributed by atoms with Crippen LogP contribution in [0.15, 0.2) is 59.3 Å². The first-order chi connectivity index (χ1) is 11.8. The molecule has 0 atom stereocenters. The molecule has 0 aliphatic heterocycles. The van der Waals surface area contributed by atoms with Gasteiger partial charge in [0, 0.05) is 12.1 Å². The molecule has 3 aromatic rings. The molecule has 0 bridgehead atoms. The second kappa shape index (κ2) is 7.77. The highest BCUT2D eigenvalue weighted by molar-refractivity contribution is 5.64. The van der Waals surface area contributed by atoms with Gasteiger partial charge >= 0.3 is 0 Å². The summed E-state index contributed by atoms with van der Waals surface area (Å²) in [4.78, 5) is 0. The summed E-state index contributed by atoms with van der Waals surface area (Å²) in [5, 5.41) is 14.7. The lowest BCUT2D eigenvalue weighted by Crippen LogP contribution is -2.31. The zero-order chi connectivity index (χ0) is 16.8. The third-order valence-corrected chi connectivity index (χ3v) is 4.18. The lowest BCUT2D eigenvalue weighted by molar-refractivity contribution is -0.670. The van der Waals surface area contributed by atoms with Crippen molar-refractivity contribution in [2.45, 2.75) is 39.0 Å². The fourth-order valence-corrected chi connectivity index (χ4v) is 2.78. The molecular weight excluding hydrogens is 300 g/mol. The lowest BCUT2D eigenvalue weighted by Gasteiger charge is -2.05. The van der Waals surface area contributed by atoms with Crippen LogP contribution in [0.1, 0.15) is 38.2 Å². The fourth-order valence-electron chi connectivity index (χ4n) is 2.78. The first kappa shape index (κ1) is 16.2. The van der Waals surface area contributed by atoms with Gasteiger partial charge in [0.25, 0.3) is 0 Å². The van der Waals surface area contributed by atoms with Crippen molar-refractivity contribution in [1.29, 1.82) is 0 Å². The zero-order valence-electron chi connectivity index (χ0n) is 13.9. The Labute approximate surface area is 142 Å². The van der Waals surface area contributed by atoms with Crippen LogP contribution in [0.5, 0.6) is 5.95 Å². The van der Waals surface area contributed by atoms with Crippen LogP contribution in [0.25, 0.3) is 16.8 Å². The Kier molecular flexibility index (Phi) is 5.26. The van der Waals surface area contributed by atoms with E-state index in [0.29, 0.717) is 0 Å². The highest BCUT2D eigenvalue weighted by Gasteiger charge is 2.09. The van der Waals surface area contributed by atoms with Crippen molar-refractivity contribution in [1.82, 2.24) is 5.27 Å². The molecule has 0 aliphatic rings. The van der Waals surface area contributed by atoms with E-state index in [0.717, 1.165) is 17.7 Å². The normalized spacial score (nSPS) is 10.9. The maximum atomic E-state index is 11.0. The molecule has 1 aromatic heterocycles. The van der Waals surface area contributed by atoms with Crippen LogP contribution in [0, 0.1) is 0 Å². The summed E-state index contributed by atoms with van der Waals surface area (Å²) in [6.45, 7) is 2.24. The van der Waals surface area contributed by atoms with Crippen LogP contribution >= 0.6 is 0 Å². The average Bonchev–Trinajstić information content (AvgIpc) is 3.06. The Balaban J connectivity index is 1.66. The molecule has 2 aromatic carbocycles. The fraction of sp³-hybridized carbons (Fsp3) is 0.300. The summed E-state index contributed by atoms with van der Waals surface area (Å²) in [5.41, 5.74) is 4.53. The third-order valence-electron chi connectivity index (χ3n) is 4.18. The highest BCUT2D eigenvalue weighted by atomic mass is 16.6. The lowest BCUT2D eigenvalue weighted by atomic mass is 10.0. The summed E-state index contributed by atoms with van der Waals surface area (Å²) in [5.74, 6) is -0.450. The quantitative estimate of drug-likeness (QED) is 0.491. The monoisotopic (exact) mass is 322 g/mol. The van der Waals surface area contributed by atoms with Gasteiger partial charge in [-0.25, -0.2) is 0 Å². The van der Waals surface area contributed by atoms with Crippen molar-refractivity contribution in [3.8, 4) is 22.8 Å². The number of rotatable bonds is 7. The molecule has 24 heavy (non-hydrogen) atoms. The number of hydrogen-bond donors (Lipinski definition) is 0. The molecule has 1 heterocycles. The number of aryl methyl sites for hydroxylation is 1. The summed E-state index contributed by atoms with van der Waals surface area (Å²) in [7, 11) is 0. The molecule has 124 valence electrons. The molecule has 0 N–H and O–H groups in total. The molecule has 0 fully saturated rings. The molecule has 4 nitrogen and oxygen atoms in total. The molecule has 0 saturated carbocycles. The first-order valence-electron chi connectivity index (χ1n) is 8.51. The van der Waals surface area contributed by atoms with Crippen LogP contribution in [0.3, 0.4) is 0 Å². The van der Waals surface area contributed by atoms with Gasteiger partial charge in [0.05, 0.1) is 5.27 Å². The van der Waals surface area contributed by atoms with Crippen molar-refractivity contribution in [2.24, 2.45) is 0 Å². The summed E-state index contributed by atoms with van der Waals surface area (Å²) < 4.78 is 5.99. The van der Waals surface area contributed by atoms with E-state index in [1.165, 1.54) is 47.7 Å². The number of nitrogens with zero attached hydrogens (tertiary/aromatic N) is 2. The molecule has 0 spiro atoms. The van der Waals surface area contributed by atoms with E-state index < -0.39 is 5.95 Å². The van der Waals surface area contributed by atoms with E-state index in [2.05, 4.69) is 41.0 Å². The number of aromatic nitrogens is 2. The number of hydrogen-bond acceptors (Lipinski definition) is 3. The van der Waals surface area contributed by atoms with E-state index >= 15 is 0 Å². The van der Waals surface area contributed by atoms with Gasteiger partial charge in [-0.15, -0.1) is 0 Å². The van der Waals surface area contributed by atoms with Crippen LogP contribution in [0.4, 0.5) is 0 Å². The first-order valence-corrected chi connectivity index (χ1v) is 8.51. The van der Waals surface area contributed by atoms with Crippen LogP contribution in [0.2, 0.25) is 0 Å². The highest BCUT2D eigenvalue weighted by Crippen LogP contribution is 2.21. The molecule has 3 rings (SSSR count). The summed E-state index contributed by atoms with van der Waals surface area (Å²) in [6.07, 6.45) is 7.64. The minimum absolute atomic E-state index is 0.450. The Morgan fingerprint density at radius 1 is 0.917 bits per heavy atom. The van der Waals surface area contributed by atoms with E-state index in [4.69, 9.17) is 0 Å². The molecular formula is C20H22N2O2. The van der Waals surface area contributed by atoms with Crippen LogP contribution < -0.4 is 9.79 Å². The largest absolute Gasteiger partial charge is 0.539 e. The summed E-state index contributed by atoms with van der Waals surface area (Å²) in [6, 6.07) is 16.7. The van der Waals surface area contributed by atoms with E-state index in [9.17, 15) is 5.11 Å². The number of unbranched alkanes of at least 4 members (excludes halogenated alkanes) is 3. The SMILES string of the molecule is CCCCCCc1ccc(-c2ccc(-[n+]3cc([O-])on3)cc2)cc1. The van der Waals surface area contributed by atoms with Gasteiger partial charge in [0.2, 0.25) is 11.9 Å².